The second-order valence-corrected chi connectivity index (χ2v) is 5.47. The van der Waals surface area contributed by atoms with Crippen LogP contribution in [0.25, 0.3) is 0 Å². The summed E-state index contributed by atoms with van der Waals surface area (Å²) < 4.78 is 5.16. The Bertz CT molecular complexity index is 420. The summed E-state index contributed by atoms with van der Waals surface area (Å²) in [4.78, 5) is 0. The van der Waals surface area contributed by atoms with Crippen molar-refractivity contribution in [2.75, 3.05) is 26.8 Å². The van der Waals surface area contributed by atoms with E-state index in [9.17, 15) is 5.26 Å². The molecule has 1 N–H and O–H groups in total. The van der Waals surface area contributed by atoms with Crippen molar-refractivity contribution in [3.8, 4) is 6.07 Å². The fraction of sp³-hybridized carbons (Fsp3) is 0.562. The zero-order valence-corrected chi connectivity index (χ0v) is 11.6. The van der Waals surface area contributed by atoms with Crippen LogP contribution in [-0.4, -0.2) is 26.8 Å². The number of rotatable bonds is 8. The molecule has 0 heterocycles. The highest BCUT2D eigenvalue weighted by Crippen LogP contribution is 2.48. The van der Waals surface area contributed by atoms with Gasteiger partial charge in [-0.15, -0.1) is 0 Å². The van der Waals surface area contributed by atoms with Gasteiger partial charge in [-0.05, 0) is 30.2 Å². The summed E-state index contributed by atoms with van der Waals surface area (Å²) >= 11 is 0. The number of hydrogen-bond donors (Lipinski definition) is 1. The monoisotopic (exact) mass is 258 g/mol. The van der Waals surface area contributed by atoms with Gasteiger partial charge in [-0.25, -0.2) is 0 Å². The van der Waals surface area contributed by atoms with E-state index in [1.165, 1.54) is 12.8 Å². The highest BCUT2D eigenvalue weighted by molar-refractivity contribution is 5.25. The second kappa shape index (κ2) is 6.70. The minimum absolute atomic E-state index is 0.0561. The molecule has 1 saturated carbocycles. The Balaban J connectivity index is 1.77. The van der Waals surface area contributed by atoms with Crippen LogP contribution in [-0.2, 0) is 4.74 Å². The van der Waals surface area contributed by atoms with Crippen molar-refractivity contribution in [1.29, 1.82) is 5.26 Å². The predicted molar refractivity (Wildman–Crippen MR) is 75.8 cm³/mol. The van der Waals surface area contributed by atoms with Crippen molar-refractivity contribution < 1.29 is 4.74 Å². The third kappa shape index (κ3) is 4.05. The van der Waals surface area contributed by atoms with Crippen LogP contribution in [0.15, 0.2) is 30.3 Å². The van der Waals surface area contributed by atoms with Crippen LogP contribution in [0.2, 0.25) is 0 Å². The van der Waals surface area contributed by atoms with Crippen molar-refractivity contribution in [2.45, 2.75) is 25.2 Å². The Morgan fingerprint density at radius 2 is 2.11 bits per heavy atom. The molecule has 1 fully saturated rings. The Morgan fingerprint density at radius 3 is 2.68 bits per heavy atom. The van der Waals surface area contributed by atoms with Gasteiger partial charge in [0.05, 0.1) is 12.0 Å². The first kappa shape index (κ1) is 14.0. The van der Waals surface area contributed by atoms with Crippen LogP contribution in [0.4, 0.5) is 0 Å². The van der Waals surface area contributed by atoms with Gasteiger partial charge in [-0.1, -0.05) is 30.3 Å². The normalized spacial score (nSPS) is 17.7. The van der Waals surface area contributed by atoms with E-state index in [0.29, 0.717) is 5.41 Å². The van der Waals surface area contributed by atoms with Gasteiger partial charge in [0.2, 0.25) is 0 Å². The Kier molecular flexibility index (Phi) is 4.95. The van der Waals surface area contributed by atoms with Crippen molar-refractivity contribution in [3.05, 3.63) is 35.9 Å². The van der Waals surface area contributed by atoms with Crippen LogP contribution in [0.1, 0.15) is 30.7 Å². The SMILES string of the molecule is COCCC1(CNCC(C#N)c2ccccc2)CC1. The molecule has 0 spiro atoms. The number of ether oxygens (including phenoxy) is 1. The first-order valence-electron chi connectivity index (χ1n) is 6.94. The molecule has 3 nitrogen and oxygen atoms in total. The number of methoxy groups -OCH3 is 1. The maximum absolute atomic E-state index is 9.26. The average molecular weight is 258 g/mol. The lowest BCUT2D eigenvalue weighted by Crippen LogP contribution is -2.28. The molecule has 0 aliphatic heterocycles. The molecule has 3 heteroatoms. The fourth-order valence-electron chi connectivity index (χ4n) is 2.42. The van der Waals surface area contributed by atoms with Crippen LogP contribution < -0.4 is 5.32 Å². The Hall–Kier alpha value is -1.37. The summed E-state index contributed by atoms with van der Waals surface area (Å²) in [5.41, 5.74) is 1.53. The van der Waals surface area contributed by atoms with Crippen LogP contribution >= 0.6 is 0 Å². The molecule has 1 aliphatic carbocycles. The Morgan fingerprint density at radius 1 is 1.37 bits per heavy atom. The molecule has 0 saturated heterocycles. The van der Waals surface area contributed by atoms with Gasteiger partial charge in [0.15, 0.2) is 0 Å². The van der Waals surface area contributed by atoms with E-state index in [1.54, 1.807) is 7.11 Å². The Labute approximate surface area is 115 Å². The van der Waals surface area contributed by atoms with E-state index in [0.717, 1.165) is 31.7 Å². The maximum atomic E-state index is 9.26. The number of nitriles is 1. The van der Waals surface area contributed by atoms with Gasteiger partial charge in [0.25, 0.3) is 0 Å². The molecule has 19 heavy (non-hydrogen) atoms. The zero-order valence-electron chi connectivity index (χ0n) is 11.6. The standard InChI is InChI=1S/C16H22N2O/c1-19-10-9-16(7-8-16)13-18-12-15(11-17)14-5-3-2-4-6-14/h2-6,15,18H,7-10,12-13H2,1H3. The number of nitrogens with one attached hydrogen (secondary N) is 1. The first-order chi connectivity index (χ1) is 9.29. The minimum Gasteiger partial charge on any atom is -0.385 e. The number of nitrogens with zero attached hydrogens (tertiary/aromatic N) is 1. The highest BCUT2D eigenvalue weighted by atomic mass is 16.5. The summed E-state index contributed by atoms with van der Waals surface area (Å²) in [6, 6.07) is 12.4. The molecule has 0 amide bonds. The molecule has 1 unspecified atom stereocenters. The molecule has 102 valence electrons. The van der Waals surface area contributed by atoms with Crippen molar-refractivity contribution in [2.24, 2.45) is 5.41 Å². The average Bonchev–Trinajstić information content (AvgIpc) is 3.23. The van der Waals surface area contributed by atoms with Gasteiger partial charge >= 0.3 is 0 Å². The molecule has 1 aromatic carbocycles. The van der Waals surface area contributed by atoms with E-state index >= 15 is 0 Å². The number of hydrogen-bond acceptors (Lipinski definition) is 3. The lowest BCUT2D eigenvalue weighted by atomic mass is 9.99. The van der Waals surface area contributed by atoms with E-state index in [1.807, 2.05) is 30.3 Å². The molecule has 1 atom stereocenters. The molecule has 2 rings (SSSR count). The van der Waals surface area contributed by atoms with Gasteiger partial charge in [0.1, 0.15) is 0 Å². The summed E-state index contributed by atoms with van der Waals surface area (Å²) in [7, 11) is 1.75. The topological polar surface area (TPSA) is 45.0 Å². The van der Waals surface area contributed by atoms with Crippen LogP contribution in [0.5, 0.6) is 0 Å². The third-order valence-corrected chi connectivity index (χ3v) is 4.00. The first-order valence-corrected chi connectivity index (χ1v) is 6.94. The van der Waals surface area contributed by atoms with Crippen molar-refractivity contribution in [1.82, 2.24) is 5.32 Å². The summed E-state index contributed by atoms with van der Waals surface area (Å²) in [5, 5.41) is 12.7. The molecular weight excluding hydrogens is 236 g/mol. The van der Waals surface area contributed by atoms with Gasteiger partial charge in [-0.2, -0.15) is 5.26 Å². The summed E-state index contributed by atoms with van der Waals surface area (Å²) in [5.74, 6) is -0.0561. The largest absolute Gasteiger partial charge is 0.385 e. The lowest BCUT2D eigenvalue weighted by Gasteiger charge is -2.17. The van der Waals surface area contributed by atoms with E-state index in [-0.39, 0.29) is 5.92 Å². The summed E-state index contributed by atoms with van der Waals surface area (Å²) in [6.07, 6.45) is 3.69. The van der Waals surface area contributed by atoms with Crippen LogP contribution in [0.3, 0.4) is 0 Å². The fourth-order valence-corrected chi connectivity index (χ4v) is 2.42. The molecule has 0 radical (unpaired) electrons. The predicted octanol–water partition coefficient (Wildman–Crippen LogP) is 2.70. The van der Waals surface area contributed by atoms with Crippen molar-refractivity contribution in [3.63, 3.8) is 0 Å². The molecule has 0 bridgehead atoms. The third-order valence-electron chi connectivity index (χ3n) is 4.00. The highest BCUT2D eigenvalue weighted by Gasteiger charge is 2.41. The molecular formula is C16H22N2O. The van der Waals surface area contributed by atoms with E-state index in [2.05, 4.69) is 11.4 Å². The minimum atomic E-state index is -0.0561. The van der Waals surface area contributed by atoms with Crippen LogP contribution in [0, 0.1) is 16.7 Å². The van der Waals surface area contributed by atoms with Crippen molar-refractivity contribution >= 4 is 0 Å². The second-order valence-electron chi connectivity index (χ2n) is 5.47. The maximum Gasteiger partial charge on any atom is 0.0837 e. The smallest absolute Gasteiger partial charge is 0.0837 e. The summed E-state index contributed by atoms with van der Waals surface area (Å²) in [6.45, 7) is 2.57. The molecule has 1 aliphatic rings. The molecule has 0 aromatic heterocycles. The molecule has 1 aromatic rings. The number of benzene rings is 1. The van der Waals surface area contributed by atoms with E-state index in [4.69, 9.17) is 4.74 Å². The van der Waals surface area contributed by atoms with Gasteiger partial charge in [-0.3, -0.25) is 0 Å². The lowest BCUT2D eigenvalue weighted by molar-refractivity contribution is 0.171. The van der Waals surface area contributed by atoms with Gasteiger partial charge in [0, 0.05) is 26.8 Å². The quantitative estimate of drug-likeness (QED) is 0.779. The zero-order chi connectivity index (χ0) is 13.6. The van der Waals surface area contributed by atoms with Gasteiger partial charge < -0.3 is 10.1 Å². The van der Waals surface area contributed by atoms with E-state index < -0.39 is 0 Å².